The van der Waals surface area contributed by atoms with Crippen LogP contribution in [0.3, 0.4) is 0 Å². The molecule has 0 aromatic carbocycles. The molecule has 1 saturated heterocycles. The number of nitrogens with zero attached hydrogens (tertiary/aromatic N) is 2. The molecule has 1 aromatic heterocycles. The van der Waals surface area contributed by atoms with Crippen molar-refractivity contribution in [2.45, 2.75) is 45.2 Å². The van der Waals surface area contributed by atoms with Crippen molar-refractivity contribution in [3.8, 4) is 0 Å². The molecule has 0 saturated carbocycles. The molecule has 15 heavy (non-hydrogen) atoms. The zero-order valence-electron chi connectivity index (χ0n) is 9.28. The third-order valence-electron chi connectivity index (χ3n) is 3.25. The van der Waals surface area contributed by atoms with E-state index in [-0.39, 0.29) is 0 Å². The molecule has 0 spiro atoms. The second-order valence-corrected chi connectivity index (χ2v) is 5.17. The first-order valence-corrected chi connectivity index (χ1v) is 6.40. The summed E-state index contributed by atoms with van der Waals surface area (Å²) >= 11 is 3.48. The van der Waals surface area contributed by atoms with Crippen LogP contribution >= 0.6 is 15.9 Å². The second-order valence-electron chi connectivity index (χ2n) is 4.26. The van der Waals surface area contributed by atoms with E-state index in [1.165, 1.54) is 24.9 Å². The summed E-state index contributed by atoms with van der Waals surface area (Å²) in [6, 6.07) is 3.50. The van der Waals surface area contributed by atoms with Crippen LogP contribution in [0.2, 0.25) is 0 Å². The van der Waals surface area contributed by atoms with Gasteiger partial charge in [0.25, 0.3) is 0 Å². The number of aromatic nitrogens is 1. The normalized spacial score (nSPS) is 25.9. The first kappa shape index (κ1) is 10.9. The highest BCUT2D eigenvalue weighted by molar-refractivity contribution is 9.10. The van der Waals surface area contributed by atoms with E-state index in [1.54, 1.807) is 0 Å². The first-order chi connectivity index (χ1) is 7.22. The molecule has 2 heterocycles. The number of halogens is 1. The molecule has 82 valence electrons. The lowest BCUT2D eigenvalue weighted by molar-refractivity contribution is 0.627. The minimum atomic E-state index is 0.644. The Kier molecular flexibility index (Phi) is 3.29. The number of pyridine rings is 1. The van der Waals surface area contributed by atoms with E-state index in [0.717, 1.165) is 4.47 Å². The number of hydrogen-bond donors (Lipinski definition) is 0. The highest BCUT2D eigenvalue weighted by Gasteiger charge is 2.29. The Morgan fingerprint density at radius 2 is 2.27 bits per heavy atom. The van der Waals surface area contributed by atoms with Gasteiger partial charge in [-0.2, -0.15) is 0 Å². The fourth-order valence-corrected chi connectivity index (χ4v) is 2.83. The Morgan fingerprint density at radius 3 is 2.93 bits per heavy atom. The largest absolute Gasteiger partial charge is 0.365 e. The molecule has 2 unspecified atom stereocenters. The van der Waals surface area contributed by atoms with Gasteiger partial charge in [0.1, 0.15) is 0 Å². The fourth-order valence-electron chi connectivity index (χ4n) is 2.48. The van der Waals surface area contributed by atoms with Crippen LogP contribution in [0.1, 0.15) is 33.1 Å². The van der Waals surface area contributed by atoms with Crippen molar-refractivity contribution in [2.75, 3.05) is 4.90 Å². The maximum Gasteiger partial charge on any atom is 0.0568 e. The Balaban J connectivity index is 2.28. The molecule has 2 atom stereocenters. The summed E-state index contributed by atoms with van der Waals surface area (Å²) in [6.07, 6.45) is 7.63. The Labute approximate surface area is 99.8 Å². The van der Waals surface area contributed by atoms with Crippen LogP contribution < -0.4 is 4.90 Å². The van der Waals surface area contributed by atoms with Gasteiger partial charge in [0.05, 0.1) is 11.9 Å². The zero-order chi connectivity index (χ0) is 10.8. The van der Waals surface area contributed by atoms with Gasteiger partial charge in [-0.05, 0) is 48.2 Å². The van der Waals surface area contributed by atoms with Crippen LogP contribution in [0, 0.1) is 0 Å². The maximum atomic E-state index is 4.24. The van der Waals surface area contributed by atoms with Crippen molar-refractivity contribution >= 4 is 21.6 Å². The lowest BCUT2D eigenvalue weighted by Gasteiger charge is -2.30. The molecule has 2 nitrogen and oxygen atoms in total. The minimum absolute atomic E-state index is 0.644. The van der Waals surface area contributed by atoms with E-state index < -0.39 is 0 Å². The molecule has 1 aliphatic rings. The van der Waals surface area contributed by atoms with Crippen LogP contribution in [0.25, 0.3) is 0 Å². The monoisotopic (exact) mass is 268 g/mol. The summed E-state index contributed by atoms with van der Waals surface area (Å²) in [6.45, 7) is 4.57. The summed E-state index contributed by atoms with van der Waals surface area (Å²) in [5.41, 5.74) is 1.25. The lowest BCUT2D eigenvalue weighted by Crippen LogP contribution is -2.34. The summed E-state index contributed by atoms with van der Waals surface area (Å²) in [5, 5.41) is 0. The van der Waals surface area contributed by atoms with E-state index in [0.29, 0.717) is 12.1 Å². The Hall–Kier alpha value is -0.570. The second kappa shape index (κ2) is 4.52. The summed E-state index contributed by atoms with van der Waals surface area (Å²) in [5.74, 6) is 0. The average molecular weight is 269 g/mol. The fraction of sp³-hybridized carbons (Fsp3) is 0.583. The molecule has 0 amide bonds. The first-order valence-electron chi connectivity index (χ1n) is 5.61. The molecular formula is C12H17BrN2. The molecule has 1 aromatic rings. The van der Waals surface area contributed by atoms with Crippen molar-refractivity contribution in [3.63, 3.8) is 0 Å². The van der Waals surface area contributed by atoms with Gasteiger partial charge in [-0.25, -0.2) is 0 Å². The van der Waals surface area contributed by atoms with Gasteiger partial charge in [-0.3, -0.25) is 4.98 Å². The van der Waals surface area contributed by atoms with Gasteiger partial charge < -0.3 is 4.90 Å². The number of rotatable bonds is 2. The van der Waals surface area contributed by atoms with Gasteiger partial charge in [0, 0.05) is 22.8 Å². The van der Waals surface area contributed by atoms with Crippen LogP contribution in [-0.4, -0.2) is 17.1 Å². The van der Waals surface area contributed by atoms with Crippen molar-refractivity contribution < 1.29 is 0 Å². The third-order valence-corrected chi connectivity index (χ3v) is 3.68. The SMILES string of the molecule is CCC1CCC(C)N1c1cncc(Br)c1. The summed E-state index contributed by atoms with van der Waals surface area (Å²) in [4.78, 5) is 6.76. The van der Waals surface area contributed by atoms with Gasteiger partial charge in [0.15, 0.2) is 0 Å². The van der Waals surface area contributed by atoms with Gasteiger partial charge >= 0.3 is 0 Å². The van der Waals surface area contributed by atoms with Gasteiger partial charge in [-0.1, -0.05) is 6.92 Å². The topological polar surface area (TPSA) is 16.1 Å². The molecule has 1 aliphatic heterocycles. The van der Waals surface area contributed by atoms with Crippen molar-refractivity contribution in [1.82, 2.24) is 4.98 Å². The van der Waals surface area contributed by atoms with Crippen molar-refractivity contribution in [3.05, 3.63) is 22.9 Å². The Bertz CT molecular complexity index is 340. The quantitative estimate of drug-likeness (QED) is 0.815. The molecule has 0 aliphatic carbocycles. The van der Waals surface area contributed by atoms with E-state index in [2.05, 4.69) is 45.7 Å². The minimum Gasteiger partial charge on any atom is -0.365 e. The summed E-state index contributed by atoms with van der Waals surface area (Å²) < 4.78 is 1.06. The van der Waals surface area contributed by atoms with Gasteiger partial charge in [-0.15, -0.1) is 0 Å². The lowest BCUT2D eigenvalue weighted by atomic mass is 10.1. The highest BCUT2D eigenvalue weighted by Crippen LogP contribution is 2.32. The van der Waals surface area contributed by atoms with Gasteiger partial charge in [0.2, 0.25) is 0 Å². The molecule has 0 radical (unpaired) electrons. The average Bonchev–Trinajstić information content (AvgIpc) is 2.59. The van der Waals surface area contributed by atoms with Crippen molar-refractivity contribution in [1.29, 1.82) is 0 Å². The van der Waals surface area contributed by atoms with E-state index >= 15 is 0 Å². The number of anilines is 1. The van der Waals surface area contributed by atoms with Crippen LogP contribution in [-0.2, 0) is 0 Å². The zero-order valence-corrected chi connectivity index (χ0v) is 10.9. The highest BCUT2D eigenvalue weighted by atomic mass is 79.9. The van der Waals surface area contributed by atoms with Crippen LogP contribution in [0.5, 0.6) is 0 Å². The molecule has 2 rings (SSSR count). The number of hydrogen-bond acceptors (Lipinski definition) is 2. The van der Waals surface area contributed by atoms with Crippen LogP contribution in [0.4, 0.5) is 5.69 Å². The predicted molar refractivity (Wildman–Crippen MR) is 67.2 cm³/mol. The van der Waals surface area contributed by atoms with E-state index in [9.17, 15) is 0 Å². The molecule has 0 bridgehead atoms. The molecular weight excluding hydrogens is 252 g/mol. The van der Waals surface area contributed by atoms with Crippen LogP contribution in [0.15, 0.2) is 22.9 Å². The third kappa shape index (κ3) is 2.17. The standard InChI is InChI=1S/C12H17BrN2/c1-3-11-5-4-9(2)15(11)12-6-10(13)7-14-8-12/h6-9,11H,3-5H2,1-2H3. The predicted octanol–water partition coefficient (Wildman–Crippen LogP) is 3.61. The summed E-state index contributed by atoms with van der Waals surface area (Å²) in [7, 11) is 0. The molecule has 3 heteroatoms. The van der Waals surface area contributed by atoms with Crippen molar-refractivity contribution in [2.24, 2.45) is 0 Å². The van der Waals surface area contributed by atoms with E-state index in [4.69, 9.17) is 0 Å². The molecule has 0 N–H and O–H groups in total. The molecule has 1 fully saturated rings. The smallest absolute Gasteiger partial charge is 0.0568 e. The Morgan fingerprint density at radius 1 is 1.47 bits per heavy atom. The maximum absolute atomic E-state index is 4.24. The van der Waals surface area contributed by atoms with E-state index in [1.807, 2.05) is 12.4 Å².